The molecule has 0 bridgehead atoms. The van der Waals surface area contributed by atoms with Crippen LogP contribution in [-0.2, 0) is 4.79 Å². The standard InChI is InChI=1S/C20H18IN3O3/c1-2-26-17-9-8-14(11-16(17)21)12-23-24-19(25)13-27-18-7-3-5-15-6-4-10-22-20(15)18/h3-12H,2,13H2,1H3,(H,24,25)/b23-12+. The zero-order chi connectivity index (χ0) is 19.1. The quantitative estimate of drug-likeness (QED) is 0.321. The van der Waals surface area contributed by atoms with Gasteiger partial charge < -0.3 is 9.47 Å². The minimum absolute atomic E-state index is 0.145. The number of hydrogen-bond acceptors (Lipinski definition) is 5. The molecule has 0 spiro atoms. The van der Waals surface area contributed by atoms with Crippen LogP contribution >= 0.6 is 22.6 Å². The van der Waals surface area contributed by atoms with Crippen LogP contribution < -0.4 is 14.9 Å². The van der Waals surface area contributed by atoms with E-state index in [1.54, 1.807) is 18.5 Å². The van der Waals surface area contributed by atoms with E-state index < -0.39 is 0 Å². The van der Waals surface area contributed by atoms with Crippen molar-refractivity contribution in [2.24, 2.45) is 5.10 Å². The number of fused-ring (bicyclic) bond motifs is 1. The number of benzene rings is 2. The molecule has 3 aromatic rings. The van der Waals surface area contributed by atoms with Crippen LogP contribution in [0, 0.1) is 3.57 Å². The summed E-state index contributed by atoms with van der Waals surface area (Å²) in [6, 6.07) is 15.1. The number of amides is 1. The molecule has 0 saturated carbocycles. The first-order valence-corrected chi connectivity index (χ1v) is 9.46. The highest BCUT2D eigenvalue weighted by atomic mass is 127. The number of nitrogens with zero attached hydrogens (tertiary/aromatic N) is 2. The number of hydrazone groups is 1. The van der Waals surface area contributed by atoms with Gasteiger partial charge in [-0.3, -0.25) is 9.78 Å². The Morgan fingerprint density at radius 3 is 2.85 bits per heavy atom. The average molecular weight is 475 g/mol. The van der Waals surface area contributed by atoms with E-state index in [1.807, 2.05) is 49.4 Å². The van der Waals surface area contributed by atoms with Crippen molar-refractivity contribution in [3.8, 4) is 11.5 Å². The van der Waals surface area contributed by atoms with Gasteiger partial charge in [-0.2, -0.15) is 5.10 Å². The van der Waals surface area contributed by atoms with Crippen LogP contribution in [0.1, 0.15) is 12.5 Å². The Labute approximate surface area is 170 Å². The van der Waals surface area contributed by atoms with Crippen molar-refractivity contribution in [3.63, 3.8) is 0 Å². The van der Waals surface area contributed by atoms with Crippen molar-refractivity contribution in [1.29, 1.82) is 0 Å². The third-order valence-corrected chi connectivity index (χ3v) is 4.46. The summed E-state index contributed by atoms with van der Waals surface area (Å²) in [5, 5.41) is 4.93. The predicted molar refractivity (Wildman–Crippen MR) is 113 cm³/mol. The monoisotopic (exact) mass is 475 g/mol. The first kappa shape index (κ1) is 19.1. The molecule has 0 aliphatic rings. The molecule has 27 heavy (non-hydrogen) atoms. The minimum Gasteiger partial charge on any atom is -0.493 e. The Bertz CT molecular complexity index is 970. The summed E-state index contributed by atoms with van der Waals surface area (Å²) in [6.07, 6.45) is 3.27. The smallest absolute Gasteiger partial charge is 0.277 e. The lowest BCUT2D eigenvalue weighted by molar-refractivity contribution is -0.123. The normalized spacial score (nSPS) is 10.9. The number of nitrogens with one attached hydrogen (secondary N) is 1. The van der Waals surface area contributed by atoms with Crippen molar-refractivity contribution >= 4 is 45.6 Å². The zero-order valence-corrected chi connectivity index (χ0v) is 16.8. The number of hydrogen-bond donors (Lipinski definition) is 1. The van der Waals surface area contributed by atoms with Crippen LogP contribution in [0.3, 0.4) is 0 Å². The fraction of sp³-hybridized carbons (Fsp3) is 0.150. The van der Waals surface area contributed by atoms with Crippen LogP contribution in [0.15, 0.2) is 59.8 Å². The van der Waals surface area contributed by atoms with Crippen LogP contribution in [-0.4, -0.2) is 30.3 Å². The van der Waals surface area contributed by atoms with Gasteiger partial charge in [-0.1, -0.05) is 18.2 Å². The van der Waals surface area contributed by atoms with Gasteiger partial charge in [0.1, 0.15) is 17.0 Å². The number of carbonyl (C=O) groups is 1. The molecule has 1 amide bonds. The minimum atomic E-state index is -0.347. The molecular weight excluding hydrogens is 457 g/mol. The maximum absolute atomic E-state index is 12.0. The van der Waals surface area contributed by atoms with Gasteiger partial charge >= 0.3 is 0 Å². The van der Waals surface area contributed by atoms with E-state index in [4.69, 9.17) is 9.47 Å². The molecule has 0 fully saturated rings. The molecule has 7 heteroatoms. The second-order valence-corrected chi connectivity index (χ2v) is 6.70. The SMILES string of the molecule is CCOc1ccc(/C=N/NC(=O)COc2cccc3cccnc23)cc1I. The van der Waals surface area contributed by atoms with Crippen molar-refractivity contribution in [2.75, 3.05) is 13.2 Å². The molecule has 6 nitrogen and oxygen atoms in total. The highest BCUT2D eigenvalue weighted by molar-refractivity contribution is 14.1. The molecule has 3 rings (SSSR count). The molecule has 1 heterocycles. The van der Waals surface area contributed by atoms with Gasteiger partial charge in [0.05, 0.1) is 16.4 Å². The molecule has 0 aliphatic heterocycles. The number of aromatic nitrogens is 1. The summed E-state index contributed by atoms with van der Waals surface area (Å²) >= 11 is 2.20. The molecule has 0 radical (unpaired) electrons. The number of para-hydroxylation sites is 1. The summed E-state index contributed by atoms with van der Waals surface area (Å²) in [7, 11) is 0. The Kier molecular flexibility index (Phi) is 6.59. The Hall–Kier alpha value is -2.68. The molecule has 1 N–H and O–H groups in total. The van der Waals surface area contributed by atoms with Gasteiger partial charge in [-0.15, -0.1) is 0 Å². The molecule has 0 saturated heterocycles. The van der Waals surface area contributed by atoms with E-state index in [0.717, 1.165) is 25.8 Å². The van der Waals surface area contributed by atoms with Crippen molar-refractivity contribution in [1.82, 2.24) is 10.4 Å². The highest BCUT2D eigenvalue weighted by Crippen LogP contribution is 2.23. The summed E-state index contributed by atoms with van der Waals surface area (Å²) < 4.78 is 12.1. The van der Waals surface area contributed by atoms with Crippen LogP contribution in [0.5, 0.6) is 11.5 Å². The van der Waals surface area contributed by atoms with Crippen LogP contribution in [0.4, 0.5) is 0 Å². The predicted octanol–water partition coefficient (Wildman–Crippen LogP) is 3.77. The lowest BCUT2D eigenvalue weighted by atomic mass is 10.2. The summed E-state index contributed by atoms with van der Waals surface area (Å²) in [5.41, 5.74) is 4.05. The van der Waals surface area contributed by atoms with E-state index >= 15 is 0 Å². The number of ether oxygens (including phenoxy) is 2. The van der Waals surface area contributed by atoms with Gasteiger partial charge in [0.25, 0.3) is 5.91 Å². The topological polar surface area (TPSA) is 72.8 Å². The largest absolute Gasteiger partial charge is 0.493 e. The third-order valence-electron chi connectivity index (χ3n) is 3.61. The third kappa shape index (κ3) is 5.16. The van der Waals surface area contributed by atoms with E-state index in [1.165, 1.54) is 0 Å². The molecular formula is C20H18IN3O3. The van der Waals surface area contributed by atoms with Gasteiger partial charge in [-0.05, 0) is 65.4 Å². The lowest BCUT2D eigenvalue weighted by Crippen LogP contribution is -2.24. The maximum Gasteiger partial charge on any atom is 0.277 e. The first-order chi connectivity index (χ1) is 13.2. The summed E-state index contributed by atoms with van der Waals surface area (Å²) in [6.45, 7) is 2.41. The lowest BCUT2D eigenvalue weighted by Gasteiger charge is -2.07. The average Bonchev–Trinajstić information content (AvgIpc) is 2.68. The van der Waals surface area contributed by atoms with E-state index in [9.17, 15) is 4.79 Å². The number of halogens is 1. The first-order valence-electron chi connectivity index (χ1n) is 8.38. The van der Waals surface area contributed by atoms with E-state index in [-0.39, 0.29) is 12.5 Å². The second kappa shape index (κ2) is 9.31. The van der Waals surface area contributed by atoms with E-state index in [2.05, 4.69) is 38.1 Å². The van der Waals surface area contributed by atoms with Gasteiger partial charge in [0.15, 0.2) is 6.61 Å². The highest BCUT2D eigenvalue weighted by Gasteiger charge is 2.06. The van der Waals surface area contributed by atoms with Gasteiger partial charge in [-0.25, -0.2) is 5.43 Å². The number of carbonyl (C=O) groups excluding carboxylic acids is 1. The Morgan fingerprint density at radius 1 is 1.19 bits per heavy atom. The van der Waals surface area contributed by atoms with Crippen molar-refractivity contribution in [2.45, 2.75) is 6.92 Å². The fourth-order valence-corrected chi connectivity index (χ4v) is 3.11. The Morgan fingerprint density at radius 2 is 2.04 bits per heavy atom. The van der Waals surface area contributed by atoms with E-state index in [0.29, 0.717) is 12.4 Å². The molecule has 2 aromatic carbocycles. The molecule has 0 unspecified atom stereocenters. The molecule has 0 aliphatic carbocycles. The number of rotatable bonds is 7. The van der Waals surface area contributed by atoms with Crippen LogP contribution in [0.2, 0.25) is 0 Å². The maximum atomic E-state index is 12.0. The Balaban J connectivity index is 1.55. The van der Waals surface area contributed by atoms with Crippen molar-refractivity contribution in [3.05, 3.63) is 63.9 Å². The van der Waals surface area contributed by atoms with Crippen LogP contribution in [0.25, 0.3) is 10.9 Å². The summed E-state index contributed by atoms with van der Waals surface area (Å²) in [4.78, 5) is 16.2. The summed E-state index contributed by atoms with van der Waals surface area (Å²) in [5.74, 6) is 1.05. The van der Waals surface area contributed by atoms with Crippen molar-refractivity contribution < 1.29 is 14.3 Å². The van der Waals surface area contributed by atoms with Gasteiger partial charge in [0, 0.05) is 11.6 Å². The zero-order valence-electron chi connectivity index (χ0n) is 14.7. The molecule has 138 valence electrons. The van der Waals surface area contributed by atoms with Gasteiger partial charge in [0.2, 0.25) is 0 Å². The molecule has 1 aromatic heterocycles. The molecule has 0 atom stereocenters. The second-order valence-electron chi connectivity index (χ2n) is 5.54. The number of pyridine rings is 1. The fourth-order valence-electron chi connectivity index (χ4n) is 2.42.